The van der Waals surface area contributed by atoms with Crippen LogP contribution in [0.4, 0.5) is 15.2 Å². The molecule has 1 aliphatic heterocycles. The molecule has 1 amide bonds. The van der Waals surface area contributed by atoms with E-state index in [0.717, 1.165) is 25.7 Å². The molecule has 1 atom stereocenters. The normalized spacial score (nSPS) is 16.8. The standard InChI is InChI=1S/C19H21FN6O2S/c1-2-4-16-22-18(28-25-16)12-6-7-15(14(20)9-12)26-8-3-5-13(10-26)17(27)23-19-24-21-11-29-19/h6-7,9,11,13H,2-5,8,10H2,1H3,(H,23,24,27). The predicted molar refractivity (Wildman–Crippen MR) is 107 cm³/mol. The van der Waals surface area contributed by atoms with Crippen LogP contribution in [0.2, 0.25) is 0 Å². The Labute approximate surface area is 171 Å². The Hall–Kier alpha value is -2.88. The number of hydrogen-bond acceptors (Lipinski definition) is 8. The zero-order valence-corrected chi connectivity index (χ0v) is 16.8. The van der Waals surface area contributed by atoms with Gasteiger partial charge in [-0.1, -0.05) is 23.4 Å². The molecule has 10 heteroatoms. The summed E-state index contributed by atoms with van der Waals surface area (Å²) in [4.78, 5) is 18.7. The van der Waals surface area contributed by atoms with Crippen LogP contribution in [-0.2, 0) is 11.2 Å². The van der Waals surface area contributed by atoms with E-state index >= 15 is 0 Å². The van der Waals surface area contributed by atoms with Gasteiger partial charge >= 0.3 is 0 Å². The molecular weight excluding hydrogens is 395 g/mol. The molecule has 29 heavy (non-hydrogen) atoms. The van der Waals surface area contributed by atoms with E-state index < -0.39 is 0 Å². The first-order valence-electron chi connectivity index (χ1n) is 9.58. The summed E-state index contributed by atoms with van der Waals surface area (Å²) in [7, 11) is 0. The first-order chi connectivity index (χ1) is 14.1. The van der Waals surface area contributed by atoms with E-state index in [0.29, 0.717) is 41.2 Å². The molecule has 1 aliphatic rings. The van der Waals surface area contributed by atoms with Crippen LogP contribution >= 0.6 is 11.3 Å². The number of rotatable bonds is 6. The van der Waals surface area contributed by atoms with Crippen LogP contribution in [-0.4, -0.2) is 39.3 Å². The maximum Gasteiger partial charge on any atom is 0.258 e. The number of carbonyl (C=O) groups is 1. The lowest BCUT2D eigenvalue weighted by atomic mass is 9.96. The van der Waals surface area contributed by atoms with Crippen LogP contribution < -0.4 is 10.2 Å². The number of halogens is 1. The molecule has 1 unspecified atom stereocenters. The Kier molecular flexibility index (Phi) is 5.79. The molecular formula is C19H21FN6O2S. The van der Waals surface area contributed by atoms with Crippen molar-refractivity contribution in [1.29, 1.82) is 0 Å². The van der Waals surface area contributed by atoms with Crippen molar-refractivity contribution in [3.8, 4) is 11.5 Å². The maximum absolute atomic E-state index is 14.9. The van der Waals surface area contributed by atoms with Gasteiger partial charge in [-0.3, -0.25) is 4.79 Å². The topological polar surface area (TPSA) is 97.0 Å². The van der Waals surface area contributed by atoms with E-state index in [9.17, 15) is 9.18 Å². The minimum Gasteiger partial charge on any atom is -0.368 e. The van der Waals surface area contributed by atoms with Crippen molar-refractivity contribution >= 4 is 28.1 Å². The lowest BCUT2D eigenvalue weighted by Gasteiger charge is -2.33. The summed E-state index contributed by atoms with van der Waals surface area (Å²) in [6.07, 6.45) is 3.19. The fraction of sp³-hybridized carbons (Fsp3) is 0.421. The van der Waals surface area contributed by atoms with Gasteiger partial charge in [0.2, 0.25) is 11.0 Å². The maximum atomic E-state index is 14.9. The molecule has 1 N–H and O–H groups in total. The van der Waals surface area contributed by atoms with Crippen molar-refractivity contribution in [3.63, 3.8) is 0 Å². The van der Waals surface area contributed by atoms with Crippen LogP contribution in [0.3, 0.4) is 0 Å². The minimum atomic E-state index is -0.372. The van der Waals surface area contributed by atoms with E-state index in [1.807, 2.05) is 11.8 Å². The number of piperidine rings is 1. The van der Waals surface area contributed by atoms with Crippen molar-refractivity contribution in [2.45, 2.75) is 32.6 Å². The molecule has 0 radical (unpaired) electrons. The zero-order chi connectivity index (χ0) is 20.2. The van der Waals surface area contributed by atoms with E-state index in [1.165, 1.54) is 17.4 Å². The molecule has 0 spiro atoms. The van der Waals surface area contributed by atoms with Crippen molar-refractivity contribution < 1.29 is 13.7 Å². The van der Waals surface area contributed by atoms with Crippen LogP contribution in [0, 0.1) is 11.7 Å². The second-order valence-corrected chi connectivity index (χ2v) is 7.78. The summed E-state index contributed by atoms with van der Waals surface area (Å²) in [6.45, 7) is 3.17. The number of benzene rings is 1. The Balaban J connectivity index is 1.46. The van der Waals surface area contributed by atoms with Gasteiger partial charge in [0.25, 0.3) is 5.89 Å². The third kappa shape index (κ3) is 4.42. The Morgan fingerprint density at radius 2 is 2.34 bits per heavy atom. The smallest absolute Gasteiger partial charge is 0.258 e. The van der Waals surface area contributed by atoms with Gasteiger partial charge in [-0.05, 0) is 37.5 Å². The third-order valence-electron chi connectivity index (χ3n) is 4.86. The first-order valence-corrected chi connectivity index (χ1v) is 10.5. The van der Waals surface area contributed by atoms with Gasteiger partial charge in [0.1, 0.15) is 11.3 Å². The molecule has 1 saturated heterocycles. The summed E-state index contributed by atoms with van der Waals surface area (Å²) in [6, 6.07) is 4.88. The molecule has 0 aliphatic carbocycles. The molecule has 0 bridgehead atoms. The quantitative estimate of drug-likeness (QED) is 0.656. The lowest BCUT2D eigenvalue weighted by molar-refractivity contribution is -0.120. The van der Waals surface area contributed by atoms with Crippen LogP contribution in [0.5, 0.6) is 0 Å². The predicted octanol–water partition coefficient (Wildman–Crippen LogP) is 3.53. The average molecular weight is 416 g/mol. The fourth-order valence-corrected chi connectivity index (χ4v) is 3.89. The van der Waals surface area contributed by atoms with Gasteiger partial charge < -0.3 is 14.7 Å². The van der Waals surface area contributed by atoms with Gasteiger partial charge in [-0.15, -0.1) is 10.2 Å². The molecule has 3 aromatic rings. The van der Waals surface area contributed by atoms with E-state index in [-0.39, 0.29) is 17.6 Å². The van der Waals surface area contributed by atoms with Gasteiger partial charge in [0.05, 0.1) is 11.6 Å². The van der Waals surface area contributed by atoms with Gasteiger partial charge in [0.15, 0.2) is 5.82 Å². The molecule has 4 rings (SSSR count). The van der Waals surface area contributed by atoms with Gasteiger partial charge in [-0.25, -0.2) is 4.39 Å². The zero-order valence-electron chi connectivity index (χ0n) is 16.0. The minimum absolute atomic E-state index is 0.113. The number of hydrogen-bond donors (Lipinski definition) is 1. The third-order valence-corrected chi connectivity index (χ3v) is 5.47. The number of carbonyl (C=O) groups excluding carboxylic acids is 1. The van der Waals surface area contributed by atoms with Crippen molar-refractivity contribution in [3.05, 3.63) is 35.4 Å². The van der Waals surface area contributed by atoms with Crippen molar-refractivity contribution in [1.82, 2.24) is 20.3 Å². The van der Waals surface area contributed by atoms with Gasteiger partial charge in [0, 0.05) is 25.1 Å². The summed E-state index contributed by atoms with van der Waals surface area (Å²) < 4.78 is 20.1. The molecule has 1 aromatic carbocycles. The number of aromatic nitrogens is 4. The highest BCUT2D eigenvalue weighted by Gasteiger charge is 2.28. The molecule has 3 heterocycles. The Morgan fingerprint density at radius 3 is 3.10 bits per heavy atom. The summed E-state index contributed by atoms with van der Waals surface area (Å²) >= 11 is 1.27. The van der Waals surface area contributed by atoms with E-state index in [1.54, 1.807) is 17.6 Å². The number of nitrogens with zero attached hydrogens (tertiary/aromatic N) is 5. The van der Waals surface area contributed by atoms with Gasteiger partial charge in [-0.2, -0.15) is 4.98 Å². The highest BCUT2D eigenvalue weighted by Crippen LogP contribution is 2.29. The fourth-order valence-electron chi connectivity index (χ4n) is 3.44. The highest BCUT2D eigenvalue weighted by molar-refractivity contribution is 7.13. The SMILES string of the molecule is CCCc1noc(-c2ccc(N3CCCC(C(=O)Nc4nncs4)C3)c(F)c2)n1. The number of amides is 1. The van der Waals surface area contributed by atoms with E-state index in [4.69, 9.17) is 4.52 Å². The number of nitrogens with one attached hydrogen (secondary N) is 1. The first kappa shape index (κ1) is 19.4. The number of aryl methyl sites for hydroxylation is 1. The van der Waals surface area contributed by atoms with Crippen LogP contribution in [0.15, 0.2) is 28.2 Å². The summed E-state index contributed by atoms with van der Waals surface area (Å²) in [5.74, 6) is 0.208. The summed E-state index contributed by atoms with van der Waals surface area (Å²) in [5, 5.41) is 14.7. The second kappa shape index (κ2) is 8.64. The van der Waals surface area contributed by atoms with Crippen LogP contribution in [0.25, 0.3) is 11.5 Å². The monoisotopic (exact) mass is 416 g/mol. The molecule has 2 aromatic heterocycles. The average Bonchev–Trinajstić information content (AvgIpc) is 3.40. The molecule has 1 fully saturated rings. The Morgan fingerprint density at radius 1 is 1.45 bits per heavy atom. The Bertz CT molecular complexity index is 977. The number of anilines is 2. The van der Waals surface area contributed by atoms with Crippen molar-refractivity contribution in [2.75, 3.05) is 23.3 Å². The highest BCUT2D eigenvalue weighted by atomic mass is 32.1. The molecule has 152 valence electrons. The van der Waals surface area contributed by atoms with Crippen molar-refractivity contribution in [2.24, 2.45) is 5.92 Å². The largest absolute Gasteiger partial charge is 0.368 e. The molecule has 0 saturated carbocycles. The lowest BCUT2D eigenvalue weighted by Crippen LogP contribution is -2.41. The summed E-state index contributed by atoms with van der Waals surface area (Å²) in [5.41, 5.74) is 2.58. The van der Waals surface area contributed by atoms with E-state index in [2.05, 4.69) is 25.7 Å². The second-order valence-electron chi connectivity index (χ2n) is 6.95. The van der Waals surface area contributed by atoms with Crippen LogP contribution in [0.1, 0.15) is 32.0 Å². The molecule has 8 nitrogen and oxygen atoms in total.